The van der Waals surface area contributed by atoms with E-state index in [2.05, 4.69) is 5.32 Å². The highest BCUT2D eigenvalue weighted by molar-refractivity contribution is 7.89. The van der Waals surface area contributed by atoms with Crippen LogP contribution in [-0.2, 0) is 14.8 Å². The van der Waals surface area contributed by atoms with Crippen molar-refractivity contribution in [1.82, 2.24) is 9.62 Å². The molecule has 1 aliphatic heterocycles. The van der Waals surface area contributed by atoms with Crippen LogP contribution in [-0.4, -0.2) is 45.4 Å². The molecule has 3 rings (SSSR count). The van der Waals surface area contributed by atoms with Gasteiger partial charge in [0.15, 0.2) is 0 Å². The van der Waals surface area contributed by atoms with Crippen LogP contribution in [0.1, 0.15) is 38.5 Å². The zero-order valence-corrected chi connectivity index (χ0v) is 16.1. The van der Waals surface area contributed by atoms with Gasteiger partial charge in [-0.05, 0) is 55.9 Å². The number of sulfonamides is 1. The van der Waals surface area contributed by atoms with Crippen LogP contribution in [0.4, 0.5) is 0 Å². The van der Waals surface area contributed by atoms with E-state index in [1.54, 1.807) is 31.4 Å². The second-order valence-electron chi connectivity index (χ2n) is 7.27. The molecule has 7 heteroatoms. The van der Waals surface area contributed by atoms with Gasteiger partial charge in [-0.15, -0.1) is 0 Å². The quantitative estimate of drug-likeness (QED) is 0.822. The molecular formula is C19H28N2O4S. The summed E-state index contributed by atoms with van der Waals surface area (Å²) in [6.07, 6.45) is 6.31. The lowest BCUT2D eigenvalue weighted by Gasteiger charge is -2.31. The Morgan fingerprint density at radius 3 is 2.50 bits per heavy atom. The molecule has 0 radical (unpaired) electrons. The van der Waals surface area contributed by atoms with Gasteiger partial charge in [0.25, 0.3) is 0 Å². The van der Waals surface area contributed by atoms with Crippen LogP contribution in [0.15, 0.2) is 29.2 Å². The van der Waals surface area contributed by atoms with E-state index in [9.17, 15) is 13.2 Å². The first kappa shape index (κ1) is 19.2. The van der Waals surface area contributed by atoms with Gasteiger partial charge >= 0.3 is 0 Å². The molecule has 1 N–H and O–H groups in total. The first-order valence-corrected chi connectivity index (χ1v) is 10.9. The summed E-state index contributed by atoms with van der Waals surface area (Å²) in [6.45, 7) is 1.44. The number of ether oxygens (including phenoxy) is 1. The van der Waals surface area contributed by atoms with Crippen LogP contribution >= 0.6 is 0 Å². The first-order valence-electron chi connectivity index (χ1n) is 9.42. The van der Waals surface area contributed by atoms with Crippen molar-refractivity contribution in [3.63, 3.8) is 0 Å². The van der Waals surface area contributed by atoms with Crippen LogP contribution in [0.3, 0.4) is 0 Å². The fourth-order valence-electron chi connectivity index (χ4n) is 3.88. The maximum atomic E-state index is 12.9. The van der Waals surface area contributed by atoms with Gasteiger partial charge in [-0.25, -0.2) is 8.42 Å². The average Bonchev–Trinajstić information content (AvgIpc) is 3.20. The number of carbonyl (C=O) groups excluding carboxylic acids is 1. The van der Waals surface area contributed by atoms with E-state index in [0.717, 1.165) is 13.0 Å². The number of hydrogen-bond donors (Lipinski definition) is 1. The molecule has 1 saturated heterocycles. The molecule has 1 amide bonds. The van der Waals surface area contributed by atoms with Crippen molar-refractivity contribution in [2.75, 3.05) is 26.7 Å². The normalized spacial score (nSPS) is 22.3. The fraction of sp³-hybridized carbons (Fsp3) is 0.632. The number of nitrogens with one attached hydrogen (secondary N) is 1. The molecule has 6 nitrogen and oxygen atoms in total. The number of rotatable bonds is 6. The molecule has 1 unspecified atom stereocenters. The Kier molecular flexibility index (Phi) is 6.19. The van der Waals surface area contributed by atoms with Crippen molar-refractivity contribution >= 4 is 15.9 Å². The Labute approximate surface area is 156 Å². The minimum absolute atomic E-state index is 0.00784. The molecule has 1 aliphatic carbocycles. The van der Waals surface area contributed by atoms with E-state index < -0.39 is 10.0 Å². The summed E-state index contributed by atoms with van der Waals surface area (Å²) in [5.41, 5.74) is 0. The van der Waals surface area contributed by atoms with Crippen LogP contribution in [0.2, 0.25) is 0 Å². The van der Waals surface area contributed by atoms with Gasteiger partial charge in [-0.1, -0.05) is 12.8 Å². The average molecular weight is 381 g/mol. The van der Waals surface area contributed by atoms with Crippen molar-refractivity contribution in [3.8, 4) is 5.75 Å². The van der Waals surface area contributed by atoms with E-state index in [4.69, 9.17) is 4.74 Å². The highest BCUT2D eigenvalue weighted by atomic mass is 32.2. The SMILES string of the molecule is COc1ccc(S(=O)(=O)N2CCCC(C(=O)NCC3CCCC3)C2)cc1. The largest absolute Gasteiger partial charge is 0.497 e. The Morgan fingerprint density at radius 2 is 1.85 bits per heavy atom. The number of methoxy groups -OCH3 is 1. The summed E-state index contributed by atoms with van der Waals surface area (Å²) in [5, 5.41) is 3.04. The Morgan fingerprint density at radius 1 is 1.15 bits per heavy atom. The number of carbonyl (C=O) groups is 1. The van der Waals surface area contributed by atoms with E-state index in [1.165, 1.54) is 30.0 Å². The Balaban J connectivity index is 1.61. The van der Waals surface area contributed by atoms with E-state index in [1.807, 2.05) is 0 Å². The molecule has 0 aromatic heterocycles. The Bertz CT molecular complexity index is 712. The van der Waals surface area contributed by atoms with E-state index in [-0.39, 0.29) is 23.3 Å². The summed E-state index contributed by atoms with van der Waals surface area (Å²) >= 11 is 0. The maximum absolute atomic E-state index is 12.9. The maximum Gasteiger partial charge on any atom is 0.243 e. The Hall–Kier alpha value is -1.60. The summed E-state index contributed by atoms with van der Waals surface area (Å²) in [4.78, 5) is 12.7. The zero-order chi connectivity index (χ0) is 18.6. The number of piperidine rings is 1. The van der Waals surface area contributed by atoms with Crippen LogP contribution in [0.25, 0.3) is 0 Å². The summed E-state index contributed by atoms with van der Waals surface area (Å²) in [7, 11) is -2.04. The summed E-state index contributed by atoms with van der Waals surface area (Å²) in [5.74, 6) is 0.929. The fourth-order valence-corrected chi connectivity index (χ4v) is 5.40. The van der Waals surface area contributed by atoms with Gasteiger partial charge < -0.3 is 10.1 Å². The number of benzene rings is 1. The molecule has 2 aliphatic rings. The number of nitrogens with zero attached hydrogens (tertiary/aromatic N) is 1. The lowest BCUT2D eigenvalue weighted by atomic mass is 9.98. The predicted molar refractivity (Wildman–Crippen MR) is 99.4 cm³/mol. The third-order valence-electron chi connectivity index (χ3n) is 5.49. The molecule has 26 heavy (non-hydrogen) atoms. The molecule has 144 valence electrons. The summed E-state index contributed by atoms with van der Waals surface area (Å²) < 4.78 is 32.3. The van der Waals surface area contributed by atoms with E-state index >= 15 is 0 Å². The second kappa shape index (κ2) is 8.39. The number of hydrogen-bond acceptors (Lipinski definition) is 4. The van der Waals surface area contributed by atoms with E-state index in [0.29, 0.717) is 24.6 Å². The third-order valence-corrected chi connectivity index (χ3v) is 7.37. The molecule has 1 heterocycles. The molecule has 1 aromatic rings. The van der Waals surface area contributed by atoms with Gasteiger partial charge in [-0.3, -0.25) is 4.79 Å². The summed E-state index contributed by atoms with van der Waals surface area (Å²) in [6, 6.07) is 6.39. The van der Waals surface area contributed by atoms with Gasteiger partial charge in [0.05, 0.1) is 17.9 Å². The van der Waals surface area contributed by atoms with Crippen LogP contribution in [0.5, 0.6) is 5.75 Å². The molecule has 0 spiro atoms. The lowest BCUT2D eigenvalue weighted by Crippen LogP contribution is -2.46. The van der Waals surface area contributed by atoms with Crippen molar-refractivity contribution in [3.05, 3.63) is 24.3 Å². The highest BCUT2D eigenvalue weighted by Crippen LogP contribution is 2.26. The van der Waals surface area contributed by atoms with Gasteiger partial charge in [-0.2, -0.15) is 4.31 Å². The van der Waals surface area contributed by atoms with Crippen molar-refractivity contribution < 1.29 is 17.9 Å². The van der Waals surface area contributed by atoms with Crippen LogP contribution < -0.4 is 10.1 Å². The minimum atomic E-state index is -3.59. The lowest BCUT2D eigenvalue weighted by molar-refractivity contribution is -0.126. The zero-order valence-electron chi connectivity index (χ0n) is 15.3. The van der Waals surface area contributed by atoms with Gasteiger partial charge in [0.1, 0.15) is 5.75 Å². The molecule has 1 atom stereocenters. The minimum Gasteiger partial charge on any atom is -0.497 e. The molecule has 1 saturated carbocycles. The smallest absolute Gasteiger partial charge is 0.243 e. The number of amides is 1. The monoisotopic (exact) mass is 380 g/mol. The standard InChI is InChI=1S/C19H28N2O4S/c1-25-17-8-10-18(11-9-17)26(23,24)21-12-4-7-16(14-21)19(22)20-13-15-5-2-3-6-15/h8-11,15-16H,2-7,12-14H2,1H3,(H,20,22). The van der Waals surface area contributed by atoms with Crippen LogP contribution in [0, 0.1) is 11.8 Å². The first-order chi connectivity index (χ1) is 12.5. The molecule has 0 bridgehead atoms. The highest BCUT2D eigenvalue weighted by Gasteiger charge is 2.33. The predicted octanol–water partition coefficient (Wildman–Crippen LogP) is 2.40. The van der Waals surface area contributed by atoms with Gasteiger partial charge in [0.2, 0.25) is 15.9 Å². The third kappa shape index (κ3) is 4.38. The van der Waals surface area contributed by atoms with Crippen molar-refractivity contribution in [2.24, 2.45) is 11.8 Å². The van der Waals surface area contributed by atoms with Crippen molar-refractivity contribution in [2.45, 2.75) is 43.4 Å². The molecular weight excluding hydrogens is 352 g/mol. The van der Waals surface area contributed by atoms with Gasteiger partial charge in [0, 0.05) is 19.6 Å². The molecule has 1 aromatic carbocycles. The second-order valence-corrected chi connectivity index (χ2v) is 9.21. The van der Waals surface area contributed by atoms with Crippen molar-refractivity contribution in [1.29, 1.82) is 0 Å². The topological polar surface area (TPSA) is 75.7 Å². The molecule has 2 fully saturated rings.